The molecule has 35 nitrogen and oxygen atoms in total. The second-order valence-electron chi connectivity index (χ2n) is 23.6. The maximum absolute atomic E-state index is 10.4. The van der Waals surface area contributed by atoms with Crippen LogP contribution in [0, 0.1) is 17.3 Å². The Kier molecular flexibility index (Phi) is 63.6. The number of quaternary nitrogens is 1. The highest BCUT2D eigenvalue weighted by Gasteiger charge is 2.46. The van der Waals surface area contributed by atoms with Crippen LogP contribution >= 0.6 is 0 Å². The molecular weight excluding hydrogens is 1250 g/mol. The van der Waals surface area contributed by atoms with E-state index >= 15 is 0 Å². The predicted octanol–water partition coefficient (Wildman–Crippen LogP) is -3.55. The van der Waals surface area contributed by atoms with Crippen molar-refractivity contribution in [3.8, 4) is 0 Å². The Labute approximate surface area is 546 Å². The van der Waals surface area contributed by atoms with Crippen LogP contribution in [-0.2, 0) is 57.5 Å². The molecule has 36 heteroatoms. The molecule has 2 saturated carbocycles. The number of halogens is 1. The van der Waals surface area contributed by atoms with E-state index in [1.54, 1.807) is 53.7 Å². The van der Waals surface area contributed by atoms with E-state index in [9.17, 15) is 57.5 Å². The van der Waals surface area contributed by atoms with Gasteiger partial charge in [0.05, 0.1) is 64.4 Å². The molecule has 0 bridgehead atoms. The van der Waals surface area contributed by atoms with E-state index in [2.05, 4.69) is 21.3 Å². The van der Waals surface area contributed by atoms with Crippen molar-refractivity contribution in [2.45, 2.75) is 161 Å². The zero-order valence-electron chi connectivity index (χ0n) is 56.4. The SMILES string of the molecule is CC(C)(N)C(=O)O.CCC(C)(C)C(=O)O.CCC(N)(CC)C(=O)O.CN(C)CC(=O)O.CN1CCC(C(=O)O)CC1.CNCC(=O)O.C[N+](C)(C)CC(=O)O.NC1(C(=O)O)CC1.NC1(C(=O)O)CCCC1.NCC(=O)O.NCCC(=O)O.O=C(O)C1CCNCC1.[Cl-]. The van der Waals surface area contributed by atoms with Gasteiger partial charge >= 0.3 is 71.6 Å². The third kappa shape index (κ3) is 70.9. The molecule has 4 rings (SSSR count). The van der Waals surface area contributed by atoms with E-state index in [1.165, 1.54) is 13.8 Å². The molecule has 2 aliphatic carbocycles. The summed E-state index contributed by atoms with van der Waals surface area (Å²) >= 11 is 0. The third-order valence-electron chi connectivity index (χ3n) is 12.5. The standard InChI is InChI=1S/C7H13NO2.2C6H11NO2.C6H13NO2.C6H12O2.C5H11NO2.C4H7NO2.2C4H9NO2.2C3H7NO2.C2H5NO2.ClH/c1-8-4-2-6(3-5-8)7(9)10;8-6(9)5-1-3-7-4-2-5;7-6(5(8)9)3-1-2-4-6;1-3-6(7,4-2)5(8)9;1-4-6(2,3)5(7)8;1-6(2,3)4-5(7)8;5-4(1-2-4)3(6)7;1-5(2)3-4(6)7;1-4(2,5)3(6)7;1-4-2-3(5)6;4-2-1-3(5)6;3-1-2(4)5;/h6H,2-5H2,1H3,(H,9,10);5,7H,1-4H2,(H,8,9);1-4,7H2,(H,8,9);3-4,7H2,1-2H3,(H,8,9);4H2,1-3H3,(H,7,8);4H2,1-3H3;1-2,5H2,(H,6,7);3H2,1-2H3,(H,6,7);5H2,1-2H3,(H,6,7);4H,2H2,1H3,(H,5,6);1-2,4H2,(H,5,6);1,3H2,(H,4,5);1H. The number of nitrogens with zero attached hydrogens (tertiary/aromatic N) is 3. The lowest BCUT2D eigenvalue weighted by Gasteiger charge is -2.25. The Balaban J connectivity index is -0.000000117. The van der Waals surface area contributed by atoms with E-state index < -0.39 is 99.2 Å². The topological polar surface area (TPSA) is 634 Å². The molecular formula is C56H116ClN11O24. The van der Waals surface area contributed by atoms with Gasteiger partial charge in [-0.05, 0) is 153 Å². The Hall–Kier alpha value is -6.51. The van der Waals surface area contributed by atoms with E-state index in [1.807, 2.05) is 35.1 Å². The van der Waals surface area contributed by atoms with Gasteiger partial charge in [0.25, 0.3) is 0 Å². The molecule has 4 aliphatic rings. The fraction of sp³-hybridized carbons (Fsp3) is 0.786. The highest BCUT2D eigenvalue weighted by Crippen LogP contribution is 2.31. The lowest BCUT2D eigenvalue weighted by molar-refractivity contribution is -0.862. The number of nitrogens with two attached hydrogens (primary N) is 6. The highest BCUT2D eigenvalue weighted by atomic mass is 35.5. The average molecular weight is 1360 g/mol. The minimum atomic E-state index is -1.08. The van der Waals surface area contributed by atoms with Gasteiger partial charge in [0.15, 0.2) is 6.54 Å². The molecule has 0 spiro atoms. The van der Waals surface area contributed by atoms with E-state index in [4.69, 9.17) is 89.9 Å². The number of likely N-dealkylation sites (N-methyl/N-ethyl adjacent to an activating group) is 3. The van der Waals surface area contributed by atoms with Crippen molar-refractivity contribution in [2.24, 2.45) is 51.7 Å². The summed E-state index contributed by atoms with van der Waals surface area (Å²) in [6.45, 7) is 15.6. The first kappa shape index (κ1) is 104. The molecule has 0 aromatic carbocycles. The second kappa shape index (κ2) is 56.1. The molecule has 0 radical (unpaired) electrons. The van der Waals surface area contributed by atoms with Gasteiger partial charge in [0.2, 0.25) is 0 Å². The summed E-state index contributed by atoms with van der Waals surface area (Å²) in [7, 11) is 12.6. The number of nitrogens with one attached hydrogen (secondary N) is 2. The van der Waals surface area contributed by atoms with Crippen LogP contribution in [-0.4, -0.2) is 278 Å². The summed E-state index contributed by atoms with van der Waals surface area (Å²) in [5, 5.41) is 104. The molecule has 0 aromatic rings. The Morgan fingerprint density at radius 2 is 0.935 bits per heavy atom. The molecule has 0 unspecified atom stereocenters. The maximum atomic E-state index is 10.4. The predicted molar refractivity (Wildman–Crippen MR) is 337 cm³/mol. The fourth-order valence-corrected chi connectivity index (χ4v) is 5.55. The van der Waals surface area contributed by atoms with Crippen LogP contribution in [0.15, 0.2) is 0 Å². The molecule has 0 atom stereocenters. The van der Waals surface area contributed by atoms with Crippen molar-refractivity contribution in [1.29, 1.82) is 0 Å². The van der Waals surface area contributed by atoms with Gasteiger partial charge in [0.1, 0.15) is 22.2 Å². The van der Waals surface area contributed by atoms with Crippen molar-refractivity contribution in [3.05, 3.63) is 0 Å². The molecule has 0 aromatic heterocycles. The number of carboxylic acid groups (broad SMARTS) is 12. The Morgan fingerprint density at radius 1 is 0.576 bits per heavy atom. The van der Waals surface area contributed by atoms with Crippen LogP contribution in [0.4, 0.5) is 0 Å². The van der Waals surface area contributed by atoms with Crippen molar-refractivity contribution in [1.82, 2.24) is 20.4 Å². The van der Waals surface area contributed by atoms with Gasteiger partial charge in [-0.2, -0.15) is 0 Å². The first-order chi connectivity index (χ1) is 41.2. The summed E-state index contributed by atoms with van der Waals surface area (Å²) in [5.41, 5.74) is 26.3. The van der Waals surface area contributed by atoms with E-state index in [0.717, 1.165) is 64.7 Å². The summed E-state index contributed by atoms with van der Waals surface area (Å²) in [4.78, 5) is 123. The summed E-state index contributed by atoms with van der Waals surface area (Å²) in [5.74, 6) is -9.94. The van der Waals surface area contributed by atoms with Gasteiger partial charge in [-0.15, -0.1) is 0 Å². The minimum Gasteiger partial charge on any atom is -1.00 e. The monoisotopic (exact) mass is 1360 g/mol. The number of rotatable bonds is 19. The molecule has 26 N–H and O–H groups in total. The molecule has 2 aliphatic heterocycles. The molecule has 2 heterocycles. The average Bonchev–Trinajstić information content (AvgIpc) is 2.02. The molecule has 2 saturated heterocycles. The lowest BCUT2D eigenvalue weighted by atomic mass is 9.91. The van der Waals surface area contributed by atoms with Gasteiger partial charge < -0.3 is 128 Å². The van der Waals surface area contributed by atoms with Gasteiger partial charge in [-0.3, -0.25) is 57.6 Å². The quantitative estimate of drug-likeness (QED) is 0.0557. The number of carbonyl (C=O) groups is 12. The smallest absolute Gasteiger partial charge is 0.359 e. The number of carboxylic acids is 12. The van der Waals surface area contributed by atoms with Crippen molar-refractivity contribution >= 4 is 71.6 Å². The summed E-state index contributed by atoms with van der Waals surface area (Å²) in [6, 6.07) is 0. The largest absolute Gasteiger partial charge is 1.00 e. The van der Waals surface area contributed by atoms with Crippen LogP contribution < -0.4 is 57.4 Å². The minimum absolute atomic E-state index is 0. The maximum Gasteiger partial charge on any atom is 0.359 e. The second-order valence-corrected chi connectivity index (χ2v) is 23.6. The summed E-state index contributed by atoms with van der Waals surface area (Å²) in [6.07, 6.45) is 9.41. The number of likely N-dealkylation sites (tertiary alicyclic amines) is 1. The Bertz CT molecular complexity index is 2060. The molecule has 0 amide bonds. The van der Waals surface area contributed by atoms with Crippen LogP contribution in [0.5, 0.6) is 0 Å². The normalized spacial score (nSPS) is 15.0. The van der Waals surface area contributed by atoms with Crippen molar-refractivity contribution < 1.29 is 136 Å². The number of hydrogen-bond donors (Lipinski definition) is 20. The van der Waals surface area contributed by atoms with Crippen molar-refractivity contribution in [3.63, 3.8) is 0 Å². The van der Waals surface area contributed by atoms with Crippen molar-refractivity contribution in [2.75, 3.05) is 108 Å². The third-order valence-corrected chi connectivity index (χ3v) is 12.5. The Morgan fingerprint density at radius 3 is 1.03 bits per heavy atom. The van der Waals surface area contributed by atoms with E-state index in [-0.39, 0.29) is 63.4 Å². The molecule has 546 valence electrons. The zero-order valence-corrected chi connectivity index (χ0v) is 57.1. The van der Waals surface area contributed by atoms with Gasteiger partial charge in [-0.25, -0.2) is 4.79 Å². The molecule has 92 heavy (non-hydrogen) atoms. The van der Waals surface area contributed by atoms with E-state index in [0.29, 0.717) is 49.4 Å². The number of piperidine rings is 2. The van der Waals surface area contributed by atoms with Crippen LogP contribution in [0.3, 0.4) is 0 Å². The summed E-state index contributed by atoms with van der Waals surface area (Å²) < 4.78 is 0.481. The number of hydrogen-bond acceptors (Lipinski definition) is 22. The lowest BCUT2D eigenvalue weighted by Crippen LogP contribution is -3.00. The zero-order chi connectivity index (χ0) is 73.9. The van der Waals surface area contributed by atoms with Crippen LogP contribution in [0.25, 0.3) is 0 Å². The number of aliphatic carboxylic acids is 12. The van der Waals surface area contributed by atoms with Crippen LogP contribution in [0.1, 0.15) is 138 Å². The molecule has 4 fully saturated rings. The fourth-order valence-electron chi connectivity index (χ4n) is 5.55. The highest BCUT2D eigenvalue weighted by molar-refractivity contribution is 5.82. The first-order valence-corrected chi connectivity index (χ1v) is 28.9. The van der Waals surface area contributed by atoms with Gasteiger partial charge in [-0.1, -0.05) is 33.6 Å². The van der Waals surface area contributed by atoms with Crippen LogP contribution in [0.2, 0.25) is 0 Å². The first-order valence-electron chi connectivity index (χ1n) is 28.9. The van der Waals surface area contributed by atoms with Gasteiger partial charge in [0, 0.05) is 6.54 Å².